The minimum atomic E-state index is -3.84. The van der Waals surface area contributed by atoms with Crippen LogP contribution in [0.4, 0.5) is 17.3 Å². The van der Waals surface area contributed by atoms with E-state index < -0.39 is 10.0 Å². The van der Waals surface area contributed by atoms with E-state index in [9.17, 15) is 8.42 Å². The molecule has 3 aromatic heterocycles. The highest BCUT2D eigenvalue weighted by Gasteiger charge is 2.17. The largest absolute Gasteiger partial charge is 0.340 e. The van der Waals surface area contributed by atoms with Gasteiger partial charge in [-0.25, -0.2) is 18.4 Å². The Morgan fingerprint density at radius 2 is 1.67 bits per heavy atom. The van der Waals surface area contributed by atoms with E-state index in [-0.39, 0.29) is 15.9 Å². The fraction of sp³-hybridized carbons (Fsp3) is 0.120. The maximum Gasteiger partial charge on any atom is 0.263 e. The number of thiophene rings is 1. The zero-order valence-electron chi connectivity index (χ0n) is 19.3. The summed E-state index contributed by atoms with van der Waals surface area (Å²) in [5.41, 5.74) is 4.09. The molecule has 0 bridgehead atoms. The number of anilines is 3. The second kappa shape index (κ2) is 9.81. The zero-order chi connectivity index (χ0) is 25.3. The van der Waals surface area contributed by atoms with Crippen LogP contribution in [0.25, 0.3) is 21.3 Å². The summed E-state index contributed by atoms with van der Waals surface area (Å²) in [5, 5.41) is 13.9. The fourth-order valence-corrected chi connectivity index (χ4v) is 5.66. The molecule has 8 nitrogen and oxygen atoms in total. The van der Waals surface area contributed by atoms with Gasteiger partial charge in [0.15, 0.2) is 11.0 Å². The van der Waals surface area contributed by atoms with E-state index in [1.54, 1.807) is 23.5 Å². The first-order valence-corrected chi connectivity index (χ1v) is 13.8. The lowest BCUT2D eigenvalue weighted by Crippen LogP contribution is -2.14. The molecule has 0 spiro atoms. The van der Waals surface area contributed by atoms with E-state index in [0.29, 0.717) is 17.4 Å². The molecule has 182 valence electrons. The summed E-state index contributed by atoms with van der Waals surface area (Å²) in [6.07, 6.45) is 1.52. The van der Waals surface area contributed by atoms with Crippen molar-refractivity contribution in [3.63, 3.8) is 0 Å². The summed E-state index contributed by atoms with van der Waals surface area (Å²) < 4.78 is 27.8. The molecule has 5 rings (SSSR count). The van der Waals surface area contributed by atoms with E-state index in [4.69, 9.17) is 11.6 Å². The Hall–Kier alpha value is -3.60. The molecule has 0 unspecified atom stereocenters. The maximum atomic E-state index is 12.7. The van der Waals surface area contributed by atoms with E-state index in [0.717, 1.165) is 21.3 Å². The van der Waals surface area contributed by atoms with Gasteiger partial charge in [0.05, 0.1) is 10.3 Å². The predicted molar refractivity (Wildman–Crippen MR) is 145 cm³/mol. The lowest BCUT2D eigenvalue weighted by Gasteiger charge is -2.11. The van der Waals surface area contributed by atoms with E-state index in [1.807, 2.05) is 0 Å². The SMILES string of the molecule is CC(C)c1ccc(-c2csc3ncnc(Nc4ccc(S(=O)(=O)Nc5ccc(Cl)nn5)cc4)c23)cc1. The van der Waals surface area contributed by atoms with Crippen LogP contribution in [0.2, 0.25) is 5.15 Å². The highest BCUT2D eigenvalue weighted by Crippen LogP contribution is 2.38. The third kappa shape index (κ3) is 5.01. The van der Waals surface area contributed by atoms with Gasteiger partial charge in [0.25, 0.3) is 10.0 Å². The molecule has 0 aliphatic rings. The first kappa shape index (κ1) is 24.1. The summed E-state index contributed by atoms with van der Waals surface area (Å²) in [6, 6.07) is 17.8. The third-order valence-electron chi connectivity index (χ3n) is 5.56. The highest BCUT2D eigenvalue weighted by molar-refractivity contribution is 7.92. The van der Waals surface area contributed by atoms with Gasteiger partial charge in [0, 0.05) is 16.6 Å². The molecule has 2 N–H and O–H groups in total. The van der Waals surface area contributed by atoms with Crippen LogP contribution >= 0.6 is 22.9 Å². The fourth-order valence-electron chi connectivity index (χ4n) is 3.65. The van der Waals surface area contributed by atoms with Crippen LogP contribution in [0, 0.1) is 0 Å². The number of aromatic nitrogens is 4. The van der Waals surface area contributed by atoms with Gasteiger partial charge in [0.2, 0.25) is 0 Å². The molecule has 0 radical (unpaired) electrons. The van der Waals surface area contributed by atoms with Crippen molar-refractivity contribution in [3.05, 3.63) is 83.1 Å². The van der Waals surface area contributed by atoms with Gasteiger partial charge in [-0.15, -0.1) is 21.5 Å². The van der Waals surface area contributed by atoms with Crippen LogP contribution in [0.1, 0.15) is 25.3 Å². The van der Waals surface area contributed by atoms with Gasteiger partial charge in [-0.2, -0.15) is 0 Å². The molecule has 0 saturated heterocycles. The number of sulfonamides is 1. The summed E-state index contributed by atoms with van der Waals surface area (Å²) in [6.45, 7) is 4.34. The average Bonchev–Trinajstić information content (AvgIpc) is 3.31. The maximum absolute atomic E-state index is 12.7. The molecule has 11 heteroatoms. The minimum Gasteiger partial charge on any atom is -0.340 e. The summed E-state index contributed by atoms with van der Waals surface area (Å²) >= 11 is 7.26. The molecular formula is C25H21ClN6O2S2. The molecule has 0 aliphatic carbocycles. The van der Waals surface area contributed by atoms with Crippen LogP contribution in [-0.4, -0.2) is 28.6 Å². The van der Waals surface area contributed by atoms with Crippen molar-refractivity contribution in [1.82, 2.24) is 20.2 Å². The van der Waals surface area contributed by atoms with Crippen LogP contribution in [0.3, 0.4) is 0 Å². The Morgan fingerprint density at radius 1 is 0.917 bits per heavy atom. The number of nitrogens with one attached hydrogen (secondary N) is 2. The first-order chi connectivity index (χ1) is 17.3. The smallest absolute Gasteiger partial charge is 0.263 e. The van der Waals surface area contributed by atoms with Crippen molar-refractivity contribution in [2.75, 3.05) is 10.0 Å². The van der Waals surface area contributed by atoms with Crippen molar-refractivity contribution in [2.24, 2.45) is 0 Å². The second-order valence-electron chi connectivity index (χ2n) is 8.32. The quantitative estimate of drug-likeness (QED) is 0.245. The highest BCUT2D eigenvalue weighted by atomic mass is 35.5. The topological polar surface area (TPSA) is 110 Å². The Balaban J connectivity index is 1.41. The van der Waals surface area contributed by atoms with Gasteiger partial charge < -0.3 is 5.32 Å². The lowest BCUT2D eigenvalue weighted by atomic mass is 9.99. The van der Waals surface area contributed by atoms with Crippen LogP contribution < -0.4 is 10.0 Å². The molecule has 0 aliphatic heterocycles. The summed E-state index contributed by atoms with van der Waals surface area (Å²) in [4.78, 5) is 9.84. The normalized spacial score (nSPS) is 11.7. The number of nitrogens with zero attached hydrogens (tertiary/aromatic N) is 4. The van der Waals surface area contributed by atoms with Crippen LogP contribution in [0.15, 0.2) is 77.3 Å². The number of hydrogen-bond donors (Lipinski definition) is 2. The monoisotopic (exact) mass is 536 g/mol. The van der Waals surface area contributed by atoms with Gasteiger partial charge in [-0.1, -0.05) is 49.7 Å². The van der Waals surface area contributed by atoms with Crippen molar-refractivity contribution < 1.29 is 8.42 Å². The van der Waals surface area contributed by atoms with Crippen molar-refractivity contribution >= 4 is 60.5 Å². The van der Waals surface area contributed by atoms with E-state index in [1.165, 1.54) is 36.2 Å². The number of rotatable bonds is 7. The average molecular weight is 537 g/mol. The van der Waals surface area contributed by atoms with E-state index >= 15 is 0 Å². The Labute approximate surface area is 217 Å². The van der Waals surface area contributed by atoms with Crippen molar-refractivity contribution in [2.45, 2.75) is 24.7 Å². The molecule has 0 fully saturated rings. The van der Waals surface area contributed by atoms with Gasteiger partial charge in [0.1, 0.15) is 17.0 Å². The standard InChI is InChI=1S/C25H21ClN6O2S2/c1-15(2)16-3-5-17(6-4-16)20-13-35-25-23(20)24(27-14-28-25)29-18-7-9-19(10-8-18)36(33,34)32-22-12-11-21(26)30-31-22/h3-15H,1-2H3,(H,31,32)(H,27,28,29). The Morgan fingerprint density at radius 3 is 2.33 bits per heavy atom. The lowest BCUT2D eigenvalue weighted by molar-refractivity contribution is 0.601. The molecule has 0 amide bonds. The first-order valence-electron chi connectivity index (χ1n) is 11.0. The number of benzene rings is 2. The molecular weight excluding hydrogens is 516 g/mol. The zero-order valence-corrected chi connectivity index (χ0v) is 21.7. The minimum absolute atomic E-state index is 0.0800. The Kier molecular flexibility index (Phi) is 6.57. The molecule has 0 atom stereocenters. The number of fused-ring (bicyclic) bond motifs is 1. The van der Waals surface area contributed by atoms with Crippen molar-refractivity contribution in [1.29, 1.82) is 0 Å². The van der Waals surface area contributed by atoms with Gasteiger partial charge in [-0.05, 0) is 53.4 Å². The summed E-state index contributed by atoms with van der Waals surface area (Å²) in [7, 11) is -3.84. The summed E-state index contributed by atoms with van der Waals surface area (Å²) in [5.74, 6) is 1.19. The molecule has 5 aromatic rings. The molecule has 2 aromatic carbocycles. The Bertz CT molecular complexity index is 1620. The van der Waals surface area contributed by atoms with Gasteiger partial charge in [-0.3, -0.25) is 4.72 Å². The van der Waals surface area contributed by atoms with E-state index in [2.05, 4.69) is 73.7 Å². The molecule has 0 saturated carbocycles. The van der Waals surface area contributed by atoms with Crippen LogP contribution in [-0.2, 0) is 10.0 Å². The number of halogens is 1. The molecule has 3 heterocycles. The van der Waals surface area contributed by atoms with Crippen LogP contribution in [0.5, 0.6) is 0 Å². The second-order valence-corrected chi connectivity index (χ2v) is 11.3. The third-order valence-corrected chi connectivity index (χ3v) is 8.02. The van der Waals surface area contributed by atoms with Crippen molar-refractivity contribution in [3.8, 4) is 11.1 Å². The predicted octanol–water partition coefficient (Wildman–Crippen LogP) is 6.47. The van der Waals surface area contributed by atoms with Gasteiger partial charge >= 0.3 is 0 Å². The molecule has 36 heavy (non-hydrogen) atoms. The number of hydrogen-bond acceptors (Lipinski definition) is 8.